The van der Waals surface area contributed by atoms with Crippen molar-refractivity contribution in [3.05, 3.63) is 12.2 Å². The van der Waals surface area contributed by atoms with E-state index in [9.17, 15) is 19.2 Å². The SMILES string of the molecule is C=C1C(=O)C23CCC1CC2C(C=O)(CC)C(C(C)C(C)(C)C(C)=O)CC3OC(C)=O. The Morgan fingerprint density at radius 1 is 1.30 bits per heavy atom. The summed E-state index contributed by atoms with van der Waals surface area (Å²) in [6.45, 7) is 14.9. The second-order valence-corrected chi connectivity index (χ2v) is 10.5. The molecule has 0 aromatic rings. The number of ketones is 2. The topological polar surface area (TPSA) is 77.5 Å². The number of hydrogen-bond donors (Lipinski definition) is 0. The van der Waals surface area contributed by atoms with Gasteiger partial charge in [-0.1, -0.05) is 34.3 Å². The quantitative estimate of drug-likeness (QED) is 0.366. The molecular formula is C25H36O5. The van der Waals surface area contributed by atoms with Gasteiger partial charge in [0.1, 0.15) is 18.2 Å². The summed E-state index contributed by atoms with van der Waals surface area (Å²) in [5.74, 6) is -0.719. The lowest BCUT2D eigenvalue weighted by atomic mass is 9.38. The number of ether oxygens (including phenoxy) is 1. The molecule has 5 heteroatoms. The predicted octanol–water partition coefficient (Wildman–Crippen LogP) is 4.33. The molecule has 0 aromatic heterocycles. The first-order valence-corrected chi connectivity index (χ1v) is 11.3. The third-order valence-corrected chi connectivity index (χ3v) is 9.43. The third-order valence-electron chi connectivity index (χ3n) is 9.43. The number of allylic oxidation sites excluding steroid dienone is 1. The molecule has 0 aliphatic heterocycles. The summed E-state index contributed by atoms with van der Waals surface area (Å²) in [7, 11) is 0. The molecule has 0 N–H and O–H groups in total. The van der Waals surface area contributed by atoms with Crippen LogP contribution in [0.5, 0.6) is 0 Å². The first kappa shape index (κ1) is 22.9. The molecule has 4 rings (SSSR count). The average molecular weight is 417 g/mol. The van der Waals surface area contributed by atoms with Gasteiger partial charge in [-0.2, -0.15) is 0 Å². The van der Waals surface area contributed by atoms with Crippen molar-refractivity contribution in [1.29, 1.82) is 0 Å². The van der Waals surface area contributed by atoms with Crippen LogP contribution in [0.3, 0.4) is 0 Å². The molecule has 0 saturated heterocycles. The van der Waals surface area contributed by atoms with E-state index in [4.69, 9.17) is 4.74 Å². The highest BCUT2D eigenvalue weighted by molar-refractivity contribution is 6.03. The fourth-order valence-electron chi connectivity index (χ4n) is 7.03. The number of carbonyl (C=O) groups excluding carboxylic acids is 4. The van der Waals surface area contributed by atoms with E-state index in [0.717, 1.165) is 19.1 Å². The van der Waals surface area contributed by atoms with Crippen molar-refractivity contribution >= 4 is 23.8 Å². The van der Waals surface area contributed by atoms with Crippen molar-refractivity contribution in [3.63, 3.8) is 0 Å². The lowest BCUT2D eigenvalue weighted by Gasteiger charge is -2.65. The van der Waals surface area contributed by atoms with Gasteiger partial charge in [0, 0.05) is 17.8 Å². The molecule has 7 atom stereocenters. The van der Waals surface area contributed by atoms with E-state index in [-0.39, 0.29) is 35.2 Å². The van der Waals surface area contributed by atoms with Crippen molar-refractivity contribution in [2.24, 2.45) is 39.9 Å². The monoisotopic (exact) mass is 416 g/mol. The Hall–Kier alpha value is -1.78. The van der Waals surface area contributed by atoms with E-state index in [1.165, 1.54) is 6.92 Å². The first-order chi connectivity index (χ1) is 13.9. The summed E-state index contributed by atoms with van der Waals surface area (Å²) >= 11 is 0. The van der Waals surface area contributed by atoms with E-state index in [1.54, 1.807) is 6.92 Å². The van der Waals surface area contributed by atoms with Crippen LogP contribution in [0.2, 0.25) is 0 Å². The highest BCUT2D eigenvalue weighted by Crippen LogP contribution is 2.68. The van der Waals surface area contributed by atoms with Crippen LogP contribution in [-0.2, 0) is 23.9 Å². The average Bonchev–Trinajstić information content (AvgIpc) is 2.70. The van der Waals surface area contributed by atoms with Crippen LogP contribution < -0.4 is 0 Å². The highest BCUT2D eigenvalue weighted by Gasteiger charge is 2.70. The van der Waals surface area contributed by atoms with Gasteiger partial charge < -0.3 is 9.53 Å². The van der Waals surface area contributed by atoms with Crippen LogP contribution in [0.25, 0.3) is 0 Å². The van der Waals surface area contributed by atoms with Gasteiger partial charge in [0.15, 0.2) is 5.78 Å². The van der Waals surface area contributed by atoms with Crippen molar-refractivity contribution in [3.8, 4) is 0 Å². The van der Waals surface area contributed by atoms with Gasteiger partial charge in [0.25, 0.3) is 0 Å². The number of aldehydes is 1. The molecular weight excluding hydrogens is 380 g/mol. The summed E-state index contributed by atoms with van der Waals surface area (Å²) in [5.41, 5.74) is -1.59. The molecule has 4 saturated carbocycles. The molecule has 30 heavy (non-hydrogen) atoms. The summed E-state index contributed by atoms with van der Waals surface area (Å²) < 4.78 is 5.83. The molecule has 4 aliphatic carbocycles. The van der Waals surface area contributed by atoms with E-state index in [2.05, 4.69) is 6.58 Å². The Morgan fingerprint density at radius 2 is 1.93 bits per heavy atom. The Kier molecular flexibility index (Phi) is 5.66. The molecule has 1 spiro atoms. The molecule has 0 aromatic carbocycles. The minimum absolute atomic E-state index is 0.0159. The molecule has 0 heterocycles. The number of Topliss-reactive ketones (excluding diaryl/α,β-unsaturated/α-hetero) is 2. The van der Waals surface area contributed by atoms with Crippen LogP contribution in [0.15, 0.2) is 12.2 Å². The molecule has 166 valence electrons. The smallest absolute Gasteiger partial charge is 0.302 e. The normalized spacial score (nSPS) is 39.3. The molecule has 2 bridgehead atoms. The van der Waals surface area contributed by atoms with Crippen molar-refractivity contribution in [1.82, 2.24) is 0 Å². The zero-order valence-corrected chi connectivity index (χ0v) is 19.2. The molecule has 0 radical (unpaired) electrons. The second kappa shape index (κ2) is 7.42. The van der Waals surface area contributed by atoms with Crippen LogP contribution in [0.1, 0.15) is 73.6 Å². The minimum atomic E-state index is -0.870. The predicted molar refractivity (Wildman–Crippen MR) is 113 cm³/mol. The lowest BCUT2D eigenvalue weighted by Crippen LogP contribution is -2.68. The van der Waals surface area contributed by atoms with Gasteiger partial charge in [-0.15, -0.1) is 0 Å². The fourth-order valence-corrected chi connectivity index (χ4v) is 7.03. The summed E-state index contributed by atoms with van der Waals surface area (Å²) in [6.07, 6.45) is 3.70. The molecule has 4 aliphatic rings. The summed E-state index contributed by atoms with van der Waals surface area (Å²) in [4.78, 5) is 50.9. The zero-order chi connectivity index (χ0) is 22.6. The number of carbonyl (C=O) groups is 4. The summed E-state index contributed by atoms with van der Waals surface area (Å²) in [5, 5.41) is 0. The fraction of sp³-hybridized carbons (Fsp3) is 0.760. The Bertz CT molecular complexity index is 795. The van der Waals surface area contributed by atoms with E-state index in [0.29, 0.717) is 24.8 Å². The zero-order valence-electron chi connectivity index (χ0n) is 19.2. The Balaban J connectivity index is 2.20. The number of rotatable bonds is 6. The Labute approximate surface area is 180 Å². The number of hydrogen-bond acceptors (Lipinski definition) is 5. The molecule has 4 fully saturated rings. The molecule has 7 unspecified atom stereocenters. The highest BCUT2D eigenvalue weighted by atomic mass is 16.5. The lowest BCUT2D eigenvalue weighted by molar-refractivity contribution is -0.210. The molecule has 5 nitrogen and oxygen atoms in total. The third kappa shape index (κ3) is 2.87. The van der Waals surface area contributed by atoms with Crippen molar-refractivity contribution in [2.45, 2.75) is 79.8 Å². The van der Waals surface area contributed by atoms with Crippen LogP contribution in [0.4, 0.5) is 0 Å². The van der Waals surface area contributed by atoms with Crippen LogP contribution >= 0.6 is 0 Å². The van der Waals surface area contributed by atoms with E-state index in [1.807, 2.05) is 27.7 Å². The van der Waals surface area contributed by atoms with Gasteiger partial charge in [-0.3, -0.25) is 14.4 Å². The van der Waals surface area contributed by atoms with Gasteiger partial charge in [0.2, 0.25) is 0 Å². The van der Waals surface area contributed by atoms with Crippen LogP contribution in [0, 0.1) is 39.9 Å². The van der Waals surface area contributed by atoms with Gasteiger partial charge in [-0.05, 0) is 68.3 Å². The van der Waals surface area contributed by atoms with E-state index < -0.39 is 28.3 Å². The van der Waals surface area contributed by atoms with Gasteiger partial charge >= 0.3 is 5.97 Å². The van der Waals surface area contributed by atoms with Gasteiger partial charge in [0.05, 0.1) is 5.41 Å². The van der Waals surface area contributed by atoms with Gasteiger partial charge in [-0.25, -0.2) is 0 Å². The maximum atomic E-state index is 13.6. The largest absolute Gasteiger partial charge is 0.461 e. The van der Waals surface area contributed by atoms with Crippen LogP contribution in [-0.4, -0.2) is 29.9 Å². The maximum Gasteiger partial charge on any atom is 0.302 e. The second-order valence-electron chi connectivity index (χ2n) is 10.5. The van der Waals surface area contributed by atoms with E-state index >= 15 is 0 Å². The number of esters is 1. The summed E-state index contributed by atoms with van der Waals surface area (Å²) in [6, 6.07) is 0. The Morgan fingerprint density at radius 3 is 2.43 bits per heavy atom. The standard InChI is InChI=1S/C25H36O5/c1-8-24(13-26)19(15(3)23(6,7)16(4)27)12-21(30-17(5)28)25-10-9-18(11-20(24)25)14(2)22(25)29/h13,15,18-21H,2,8-12H2,1,3-7H3. The first-order valence-electron chi connectivity index (χ1n) is 11.3. The minimum Gasteiger partial charge on any atom is -0.461 e. The van der Waals surface area contributed by atoms with Crippen molar-refractivity contribution in [2.75, 3.05) is 0 Å². The van der Waals surface area contributed by atoms with Crippen molar-refractivity contribution < 1.29 is 23.9 Å². The maximum absolute atomic E-state index is 13.6. The molecule has 0 amide bonds. The number of fused-ring (bicyclic) bond motifs is 2.